The van der Waals surface area contributed by atoms with Crippen molar-refractivity contribution in [3.63, 3.8) is 0 Å². The van der Waals surface area contributed by atoms with Crippen molar-refractivity contribution in [2.75, 3.05) is 11.4 Å². The van der Waals surface area contributed by atoms with Gasteiger partial charge in [0.2, 0.25) is 0 Å². The molecule has 0 saturated heterocycles. The highest BCUT2D eigenvalue weighted by Gasteiger charge is 2.52. The first kappa shape index (κ1) is 23.1. The zero-order valence-corrected chi connectivity index (χ0v) is 18.5. The van der Waals surface area contributed by atoms with Gasteiger partial charge in [0, 0.05) is 10.0 Å². The van der Waals surface area contributed by atoms with E-state index in [1.54, 1.807) is 0 Å². The SMILES string of the molecule is COC(=O)C1=C(OS(=O)(=O)C(F)(F)F)c2ccccc2S(=O)(=O)N1c1ccccc1Br. The van der Waals surface area contributed by atoms with Gasteiger partial charge in [-0.2, -0.15) is 21.6 Å². The number of benzene rings is 2. The maximum atomic E-state index is 13.3. The molecule has 0 atom stereocenters. The number of sulfonamides is 1. The van der Waals surface area contributed by atoms with Gasteiger partial charge in [-0.25, -0.2) is 17.5 Å². The van der Waals surface area contributed by atoms with Crippen LogP contribution in [-0.2, 0) is 33.9 Å². The number of esters is 1. The Kier molecular flexibility index (Phi) is 5.84. The number of fused-ring (bicyclic) bond motifs is 1. The van der Waals surface area contributed by atoms with Crippen LogP contribution < -0.4 is 4.31 Å². The van der Waals surface area contributed by atoms with Gasteiger partial charge in [-0.1, -0.05) is 24.3 Å². The van der Waals surface area contributed by atoms with Crippen molar-refractivity contribution in [3.05, 3.63) is 64.3 Å². The minimum atomic E-state index is -6.27. The molecule has 31 heavy (non-hydrogen) atoms. The molecule has 2 aromatic rings. The molecule has 0 saturated carbocycles. The topological polar surface area (TPSA) is 107 Å². The molecule has 0 spiro atoms. The van der Waals surface area contributed by atoms with Crippen molar-refractivity contribution in [1.82, 2.24) is 0 Å². The van der Waals surface area contributed by atoms with Crippen LogP contribution in [0.15, 0.2) is 63.6 Å². The first-order chi connectivity index (χ1) is 14.3. The number of carbonyl (C=O) groups excluding carboxylic acids is 1. The third kappa shape index (κ3) is 3.90. The fourth-order valence-corrected chi connectivity index (χ4v) is 5.46. The van der Waals surface area contributed by atoms with E-state index in [1.807, 2.05) is 0 Å². The maximum absolute atomic E-state index is 13.3. The van der Waals surface area contributed by atoms with E-state index < -0.39 is 53.5 Å². The fraction of sp³-hybridized carbons (Fsp3) is 0.118. The number of hydrogen-bond acceptors (Lipinski definition) is 7. The molecule has 0 radical (unpaired) electrons. The summed E-state index contributed by atoms with van der Waals surface area (Å²) >= 11 is 3.12. The minimum Gasteiger partial charge on any atom is -0.464 e. The van der Waals surface area contributed by atoms with Crippen molar-refractivity contribution < 1.29 is 43.7 Å². The Morgan fingerprint density at radius 1 is 1.06 bits per heavy atom. The molecule has 14 heteroatoms. The second-order valence-electron chi connectivity index (χ2n) is 5.87. The average molecular weight is 542 g/mol. The van der Waals surface area contributed by atoms with E-state index >= 15 is 0 Å². The van der Waals surface area contributed by atoms with E-state index in [2.05, 4.69) is 24.8 Å². The van der Waals surface area contributed by atoms with Gasteiger partial charge in [0.05, 0.1) is 17.7 Å². The van der Waals surface area contributed by atoms with E-state index in [0.717, 1.165) is 19.2 Å². The van der Waals surface area contributed by atoms with E-state index in [-0.39, 0.29) is 10.2 Å². The molecule has 0 aliphatic carbocycles. The van der Waals surface area contributed by atoms with Crippen LogP contribution in [0.25, 0.3) is 5.76 Å². The number of halogens is 4. The van der Waals surface area contributed by atoms with E-state index in [1.165, 1.54) is 36.4 Å². The second kappa shape index (κ2) is 7.84. The van der Waals surface area contributed by atoms with Crippen LogP contribution in [0.5, 0.6) is 0 Å². The van der Waals surface area contributed by atoms with E-state index in [4.69, 9.17) is 0 Å². The summed E-state index contributed by atoms with van der Waals surface area (Å²) in [6.07, 6.45) is 0. The predicted molar refractivity (Wildman–Crippen MR) is 105 cm³/mol. The number of carbonyl (C=O) groups is 1. The Balaban J connectivity index is 2.47. The van der Waals surface area contributed by atoms with Gasteiger partial charge >= 0.3 is 21.6 Å². The smallest absolute Gasteiger partial charge is 0.464 e. The molecule has 1 heterocycles. The summed E-state index contributed by atoms with van der Waals surface area (Å²) in [6, 6.07) is 10.1. The Hall–Kier alpha value is -2.58. The molecule has 1 aliphatic rings. The van der Waals surface area contributed by atoms with Crippen molar-refractivity contribution in [2.45, 2.75) is 10.4 Å². The van der Waals surface area contributed by atoms with Gasteiger partial charge in [-0.05, 0) is 40.2 Å². The number of hydrogen-bond donors (Lipinski definition) is 0. The molecule has 0 unspecified atom stereocenters. The lowest BCUT2D eigenvalue weighted by Gasteiger charge is -2.32. The first-order valence-electron chi connectivity index (χ1n) is 8.05. The Morgan fingerprint density at radius 2 is 1.65 bits per heavy atom. The molecule has 8 nitrogen and oxygen atoms in total. The van der Waals surface area contributed by atoms with Crippen molar-refractivity contribution in [2.24, 2.45) is 0 Å². The summed E-state index contributed by atoms with van der Waals surface area (Å²) in [5, 5.41) is 0. The largest absolute Gasteiger partial charge is 0.534 e. The maximum Gasteiger partial charge on any atom is 0.534 e. The number of ether oxygens (including phenoxy) is 1. The lowest BCUT2D eigenvalue weighted by atomic mass is 10.1. The lowest BCUT2D eigenvalue weighted by molar-refractivity contribution is -0.136. The highest BCUT2D eigenvalue weighted by Crippen LogP contribution is 2.44. The normalized spacial score (nSPS) is 16.0. The third-order valence-corrected chi connectivity index (χ3v) is 7.39. The van der Waals surface area contributed by atoms with Crippen LogP contribution >= 0.6 is 15.9 Å². The van der Waals surface area contributed by atoms with Crippen LogP contribution in [0.1, 0.15) is 5.56 Å². The Labute approximate surface area is 183 Å². The molecular formula is C17H11BrF3NO7S2. The quantitative estimate of drug-likeness (QED) is 0.331. The van der Waals surface area contributed by atoms with Gasteiger partial charge in [-0.15, -0.1) is 0 Å². The third-order valence-electron chi connectivity index (χ3n) is 3.99. The standard InChI is InChI=1S/C17H11BrF3NO7S2/c1-28-16(23)14-15(29-31(26,27)17(19,20)21)10-6-2-5-9-13(10)30(24,25)22(14)12-8-4-3-7-11(12)18/h2-9H,1H3. The summed E-state index contributed by atoms with van der Waals surface area (Å²) in [5.41, 5.74) is -7.66. The zero-order chi connectivity index (χ0) is 23.2. The molecule has 166 valence electrons. The summed E-state index contributed by atoms with van der Waals surface area (Å²) < 4.78 is 98.6. The van der Waals surface area contributed by atoms with Crippen LogP contribution in [0.4, 0.5) is 18.9 Å². The van der Waals surface area contributed by atoms with Crippen LogP contribution in [0.2, 0.25) is 0 Å². The minimum absolute atomic E-state index is 0.136. The van der Waals surface area contributed by atoms with Crippen molar-refractivity contribution in [3.8, 4) is 0 Å². The van der Waals surface area contributed by atoms with Gasteiger partial charge in [-0.3, -0.25) is 0 Å². The molecule has 0 fully saturated rings. The summed E-state index contributed by atoms with van der Waals surface area (Å²) in [6.45, 7) is 0. The Bertz CT molecular complexity index is 1310. The van der Waals surface area contributed by atoms with Crippen molar-refractivity contribution >= 4 is 53.5 Å². The van der Waals surface area contributed by atoms with Gasteiger partial charge in [0.15, 0.2) is 11.5 Å². The van der Waals surface area contributed by atoms with Crippen LogP contribution in [-0.4, -0.2) is 35.4 Å². The molecular weight excluding hydrogens is 531 g/mol. The Morgan fingerprint density at radius 3 is 2.23 bits per heavy atom. The molecule has 0 aromatic heterocycles. The molecule has 1 aliphatic heterocycles. The number of para-hydroxylation sites is 1. The summed E-state index contributed by atoms with van der Waals surface area (Å²) in [5.74, 6) is -2.59. The lowest BCUT2D eigenvalue weighted by Crippen LogP contribution is -2.40. The van der Waals surface area contributed by atoms with E-state index in [0.29, 0.717) is 4.31 Å². The highest BCUT2D eigenvalue weighted by atomic mass is 79.9. The summed E-state index contributed by atoms with van der Waals surface area (Å²) in [4.78, 5) is 12.0. The van der Waals surface area contributed by atoms with Gasteiger partial charge < -0.3 is 8.92 Å². The van der Waals surface area contributed by atoms with Crippen molar-refractivity contribution in [1.29, 1.82) is 0 Å². The number of alkyl halides is 3. The average Bonchev–Trinajstić information content (AvgIpc) is 2.69. The monoisotopic (exact) mass is 541 g/mol. The first-order valence-corrected chi connectivity index (χ1v) is 11.7. The van der Waals surface area contributed by atoms with Crippen LogP contribution in [0, 0.1) is 0 Å². The molecule has 0 amide bonds. The zero-order valence-electron chi connectivity index (χ0n) is 15.3. The number of methoxy groups -OCH3 is 1. The molecule has 0 N–H and O–H groups in total. The molecule has 2 aromatic carbocycles. The number of anilines is 1. The number of nitrogens with zero attached hydrogens (tertiary/aromatic N) is 1. The van der Waals surface area contributed by atoms with E-state index in [9.17, 15) is 34.8 Å². The van der Waals surface area contributed by atoms with Crippen LogP contribution in [0.3, 0.4) is 0 Å². The second-order valence-corrected chi connectivity index (χ2v) is 10.0. The predicted octanol–water partition coefficient (Wildman–Crippen LogP) is 3.37. The fourth-order valence-electron chi connectivity index (χ4n) is 2.70. The molecule has 0 bridgehead atoms. The molecule has 3 rings (SSSR count). The van der Waals surface area contributed by atoms with Gasteiger partial charge in [0.25, 0.3) is 10.0 Å². The highest BCUT2D eigenvalue weighted by molar-refractivity contribution is 9.10. The number of rotatable bonds is 4. The summed E-state index contributed by atoms with van der Waals surface area (Å²) in [7, 11) is -10.0. The van der Waals surface area contributed by atoms with Gasteiger partial charge in [0.1, 0.15) is 0 Å².